The minimum absolute atomic E-state index is 0.0323. The predicted octanol–water partition coefficient (Wildman–Crippen LogP) is 3.73. The number of fused-ring (bicyclic) bond motifs is 1. The summed E-state index contributed by atoms with van der Waals surface area (Å²) in [5, 5.41) is 0.405. The molecule has 1 heterocycles. The highest BCUT2D eigenvalue weighted by Crippen LogP contribution is 2.32. The highest BCUT2D eigenvalue weighted by molar-refractivity contribution is 7.91. The first kappa shape index (κ1) is 22.6. The lowest BCUT2D eigenvalue weighted by Gasteiger charge is -2.12. The molecule has 4 rings (SSSR count). The standard InChI is InChI=1S/C22H20ClNO6S2/c1-15-2-6-19(31(25,26)18-7-4-17(23)5-8-18)13-22(15)32(27,28)24-11-10-16-3-9-20-21(12-16)30-14-29-20/h2-9,12-13,24H,10-11,14H2,1H3. The van der Waals surface area contributed by atoms with Crippen molar-refractivity contribution in [2.24, 2.45) is 0 Å². The Morgan fingerprint density at radius 3 is 2.31 bits per heavy atom. The molecule has 0 unspecified atom stereocenters. The largest absolute Gasteiger partial charge is 0.454 e. The van der Waals surface area contributed by atoms with Gasteiger partial charge in [0.1, 0.15) is 0 Å². The number of rotatable bonds is 7. The van der Waals surface area contributed by atoms with Crippen molar-refractivity contribution in [3.05, 3.63) is 76.8 Å². The molecule has 0 bridgehead atoms. The first-order chi connectivity index (χ1) is 15.2. The van der Waals surface area contributed by atoms with Crippen LogP contribution in [0.5, 0.6) is 11.5 Å². The molecule has 168 valence electrons. The maximum atomic E-state index is 12.9. The first-order valence-electron chi connectivity index (χ1n) is 9.66. The molecule has 0 radical (unpaired) electrons. The second-order valence-electron chi connectivity index (χ2n) is 7.22. The molecule has 1 N–H and O–H groups in total. The zero-order chi connectivity index (χ0) is 22.9. The van der Waals surface area contributed by atoms with Gasteiger partial charge >= 0.3 is 0 Å². The second kappa shape index (κ2) is 8.74. The molecule has 0 atom stereocenters. The fraction of sp³-hybridized carbons (Fsp3) is 0.182. The van der Waals surface area contributed by atoms with Crippen molar-refractivity contribution in [3.63, 3.8) is 0 Å². The summed E-state index contributed by atoms with van der Waals surface area (Å²) < 4.78 is 64.9. The van der Waals surface area contributed by atoms with E-state index in [1.807, 2.05) is 6.07 Å². The number of aryl methyl sites for hydroxylation is 1. The van der Waals surface area contributed by atoms with Crippen molar-refractivity contribution in [3.8, 4) is 11.5 Å². The van der Waals surface area contributed by atoms with Gasteiger partial charge in [-0.2, -0.15) is 0 Å². The maximum Gasteiger partial charge on any atom is 0.240 e. The SMILES string of the molecule is Cc1ccc(S(=O)(=O)c2ccc(Cl)cc2)cc1S(=O)(=O)NCCc1ccc2c(c1)OCO2. The van der Waals surface area contributed by atoms with Crippen molar-refractivity contribution in [1.29, 1.82) is 0 Å². The van der Waals surface area contributed by atoms with Crippen molar-refractivity contribution in [2.75, 3.05) is 13.3 Å². The molecule has 32 heavy (non-hydrogen) atoms. The Balaban J connectivity index is 1.53. The molecule has 1 aliphatic rings. The Hall–Kier alpha value is -2.59. The van der Waals surface area contributed by atoms with Gasteiger partial charge in [0.15, 0.2) is 11.5 Å². The predicted molar refractivity (Wildman–Crippen MR) is 120 cm³/mol. The molecule has 0 aromatic heterocycles. The molecular formula is C22H20ClNO6S2. The molecule has 0 saturated carbocycles. The highest BCUT2D eigenvalue weighted by atomic mass is 35.5. The molecule has 0 saturated heterocycles. The van der Waals surface area contributed by atoms with Gasteiger partial charge in [0, 0.05) is 11.6 Å². The van der Waals surface area contributed by atoms with E-state index in [1.54, 1.807) is 19.1 Å². The number of benzene rings is 3. The summed E-state index contributed by atoms with van der Waals surface area (Å²) in [5.41, 5.74) is 1.32. The fourth-order valence-electron chi connectivity index (χ4n) is 3.29. The summed E-state index contributed by atoms with van der Waals surface area (Å²) in [6.07, 6.45) is 0.428. The lowest BCUT2D eigenvalue weighted by Crippen LogP contribution is -2.27. The van der Waals surface area contributed by atoms with Crippen LogP contribution in [0.4, 0.5) is 0 Å². The van der Waals surface area contributed by atoms with Crippen LogP contribution >= 0.6 is 11.6 Å². The van der Waals surface area contributed by atoms with Gasteiger partial charge in [-0.3, -0.25) is 0 Å². The number of sulfonamides is 1. The zero-order valence-electron chi connectivity index (χ0n) is 17.0. The molecular weight excluding hydrogens is 474 g/mol. The third-order valence-electron chi connectivity index (χ3n) is 5.03. The lowest BCUT2D eigenvalue weighted by atomic mass is 10.1. The number of nitrogens with one attached hydrogen (secondary N) is 1. The van der Waals surface area contributed by atoms with Crippen molar-refractivity contribution >= 4 is 31.5 Å². The molecule has 0 fully saturated rings. The minimum Gasteiger partial charge on any atom is -0.454 e. The summed E-state index contributed by atoms with van der Waals surface area (Å²) in [4.78, 5) is -0.162. The molecule has 0 spiro atoms. The van der Waals surface area contributed by atoms with Crippen LogP contribution in [-0.4, -0.2) is 30.2 Å². The van der Waals surface area contributed by atoms with Crippen LogP contribution in [0, 0.1) is 6.92 Å². The molecule has 3 aromatic carbocycles. The summed E-state index contributed by atoms with van der Waals surface area (Å²) in [7, 11) is -7.84. The molecule has 3 aromatic rings. The van der Waals surface area contributed by atoms with Gasteiger partial charge in [-0.1, -0.05) is 23.7 Å². The summed E-state index contributed by atoms with van der Waals surface area (Å²) in [5.74, 6) is 1.28. The van der Waals surface area contributed by atoms with Gasteiger partial charge in [-0.05, 0) is 73.0 Å². The van der Waals surface area contributed by atoms with E-state index in [0.717, 1.165) is 5.56 Å². The van der Waals surface area contributed by atoms with Crippen molar-refractivity contribution in [1.82, 2.24) is 4.72 Å². The van der Waals surface area contributed by atoms with E-state index < -0.39 is 19.9 Å². The Morgan fingerprint density at radius 2 is 1.56 bits per heavy atom. The lowest BCUT2D eigenvalue weighted by molar-refractivity contribution is 0.174. The fourth-order valence-corrected chi connectivity index (χ4v) is 6.08. The van der Waals surface area contributed by atoms with E-state index in [9.17, 15) is 16.8 Å². The number of hydrogen-bond donors (Lipinski definition) is 1. The van der Waals surface area contributed by atoms with Crippen LogP contribution < -0.4 is 14.2 Å². The number of hydrogen-bond acceptors (Lipinski definition) is 6. The van der Waals surface area contributed by atoms with Crippen molar-refractivity contribution in [2.45, 2.75) is 28.0 Å². The van der Waals surface area contributed by atoms with E-state index in [0.29, 0.717) is 28.5 Å². The van der Waals surface area contributed by atoms with Crippen LogP contribution in [0.3, 0.4) is 0 Å². The third-order valence-corrected chi connectivity index (χ3v) is 8.65. The van der Waals surface area contributed by atoms with Crippen molar-refractivity contribution < 1.29 is 26.3 Å². The van der Waals surface area contributed by atoms with Crippen LogP contribution in [0.25, 0.3) is 0 Å². The highest BCUT2D eigenvalue weighted by Gasteiger charge is 2.23. The average Bonchev–Trinajstić information content (AvgIpc) is 3.22. The van der Waals surface area contributed by atoms with Gasteiger partial charge in [-0.15, -0.1) is 0 Å². The monoisotopic (exact) mass is 493 g/mol. The van der Waals surface area contributed by atoms with Crippen LogP contribution in [0.1, 0.15) is 11.1 Å². The van der Waals surface area contributed by atoms with E-state index in [2.05, 4.69) is 4.72 Å². The van der Waals surface area contributed by atoms with Gasteiger partial charge in [-0.25, -0.2) is 21.6 Å². The smallest absolute Gasteiger partial charge is 0.240 e. The van der Waals surface area contributed by atoms with Gasteiger partial charge in [0.25, 0.3) is 0 Å². The second-order valence-corrected chi connectivity index (χ2v) is 11.3. The summed E-state index contributed by atoms with van der Waals surface area (Å²) in [6, 6.07) is 15.2. The zero-order valence-corrected chi connectivity index (χ0v) is 19.4. The Kier molecular flexibility index (Phi) is 6.17. The first-order valence-corrected chi connectivity index (χ1v) is 13.0. The number of sulfone groups is 1. The molecule has 7 nitrogen and oxygen atoms in total. The number of halogens is 1. The van der Waals surface area contributed by atoms with Crippen LogP contribution in [-0.2, 0) is 26.3 Å². The summed E-state index contributed by atoms with van der Waals surface area (Å²) >= 11 is 5.84. The van der Waals surface area contributed by atoms with Gasteiger partial charge in [0.2, 0.25) is 26.7 Å². The Bertz CT molecular complexity index is 1370. The van der Waals surface area contributed by atoms with E-state index in [1.165, 1.54) is 42.5 Å². The normalized spacial score (nSPS) is 13.3. The third kappa shape index (κ3) is 4.61. The average molecular weight is 494 g/mol. The quantitative estimate of drug-likeness (QED) is 0.538. The Morgan fingerprint density at radius 1 is 0.875 bits per heavy atom. The van der Waals surface area contributed by atoms with Crippen LogP contribution in [0.2, 0.25) is 5.02 Å². The topological polar surface area (TPSA) is 98.8 Å². The van der Waals surface area contributed by atoms with E-state index in [4.69, 9.17) is 21.1 Å². The van der Waals surface area contributed by atoms with Gasteiger partial charge < -0.3 is 9.47 Å². The summed E-state index contributed by atoms with van der Waals surface area (Å²) in [6.45, 7) is 1.92. The maximum absolute atomic E-state index is 12.9. The van der Waals surface area contributed by atoms with Crippen LogP contribution in [0.15, 0.2) is 75.4 Å². The molecule has 0 aliphatic carbocycles. The molecule has 10 heteroatoms. The van der Waals surface area contributed by atoms with E-state index in [-0.39, 0.29) is 28.0 Å². The van der Waals surface area contributed by atoms with Gasteiger partial charge in [0.05, 0.1) is 14.7 Å². The van der Waals surface area contributed by atoms with E-state index >= 15 is 0 Å². The molecule has 0 amide bonds. The molecule has 1 aliphatic heterocycles. The number of ether oxygens (including phenoxy) is 2. The minimum atomic E-state index is -3.94. The Labute approximate surface area is 191 Å².